The first kappa shape index (κ1) is 113. The van der Waals surface area contributed by atoms with E-state index in [9.17, 15) is 83.8 Å². The van der Waals surface area contributed by atoms with Gasteiger partial charge >= 0.3 is 71.5 Å². The molecule has 0 amide bonds. The fraction of sp³-hybridized carbons (Fsp3) is 0.907. The van der Waals surface area contributed by atoms with Crippen LogP contribution in [0.5, 0.6) is 0 Å². The molecule has 21 rings (SSSR count). The minimum absolute atomic E-state index is 0.00808. The van der Waals surface area contributed by atoms with Crippen LogP contribution in [0.4, 0.5) is 30.7 Å². The highest BCUT2D eigenvalue weighted by Crippen LogP contribution is 2.72. The number of halogens is 7. The van der Waals surface area contributed by atoms with Crippen LogP contribution < -0.4 is 0 Å². The van der Waals surface area contributed by atoms with Crippen molar-refractivity contribution in [3.63, 3.8) is 0 Å². The number of hydrogen-bond donors (Lipinski definition) is 1. The predicted octanol–water partition coefficient (Wildman–Crippen LogP) is 20.8. The maximum absolute atomic E-state index is 14.0. The van der Waals surface area contributed by atoms with Gasteiger partial charge in [-0.15, -0.1) is 0 Å². The molecular formula is C108H167F7O25. The zero-order chi connectivity index (χ0) is 105. The summed E-state index contributed by atoms with van der Waals surface area (Å²) in [6, 6.07) is 0. The van der Waals surface area contributed by atoms with Gasteiger partial charge in [0.15, 0.2) is 25.0 Å². The molecule has 1 spiro atoms. The Balaban J connectivity index is 0.000000151. The average Bonchev–Trinajstić information content (AvgIpc) is 1.59. The van der Waals surface area contributed by atoms with Crippen molar-refractivity contribution in [2.75, 3.05) is 67.1 Å². The van der Waals surface area contributed by atoms with Crippen LogP contribution in [-0.2, 0) is 114 Å². The summed E-state index contributed by atoms with van der Waals surface area (Å²) < 4.78 is 173. The summed E-state index contributed by atoms with van der Waals surface area (Å²) in [6.45, 7) is 44.3. The molecule has 21 fully saturated rings. The molecule has 15 atom stereocenters. The molecule has 0 aromatic heterocycles. The molecule has 0 aromatic carbocycles. The highest BCUT2D eigenvalue weighted by molar-refractivity contribution is 5.95. The van der Waals surface area contributed by atoms with Gasteiger partial charge < -0.3 is 71.4 Å². The number of carbonyl (C=O) groups is 10. The van der Waals surface area contributed by atoms with E-state index in [1.54, 1.807) is 90.4 Å². The fourth-order valence-corrected chi connectivity index (χ4v) is 27.9. The Kier molecular flexibility index (Phi) is 31.1. The number of aliphatic hydroxyl groups excluding tert-OH is 1. The van der Waals surface area contributed by atoms with Gasteiger partial charge in [-0.1, -0.05) is 90.0 Å². The van der Waals surface area contributed by atoms with Crippen LogP contribution in [0, 0.1) is 152 Å². The van der Waals surface area contributed by atoms with Gasteiger partial charge in [-0.25, -0.2) is 22.8 Å². The third-order valence-corrected chi connectivity index (χ3v) is 36.8. The Morgan fingerprint density at radius 3 is 1.19 bits per heavy atom. The van der Waals surface area contributed by atoms with Crippen LogP contribution in [0.3, 0.4) is 0 Å². The number of hydrogen-bond acceptors (Lipinski definition) is 25. The van der Waals surface area contributed by atoms with Gasteiger partial charge in [0.2, 0.25) is 11.2 Å². The van der Waals surface area contributed by atoms with Crippen LogP contribution in [0.15, 0.2) is 0 Å². The molecule has 18 saturated carbocycles. The topological polar surface area (TPSA) is 320 Å². The summed E-state index contributed by atoms with van der Waals surface area (Å²) in [5, 5.41) is 10.2. The number of fused-ring (bicyclic) bond motifs is 4. The van der Waals surface area contributed by atoms with Crippen LogP contribution in [0.1, 0.15) is 341 Å². The molecule has 20 bridgehead atoms. The minimum Gasteiger partial charge on any atom is -0.465 e. The first-order valence-electron chi connectivity index (χ1n) is 51.6. The van der Waals surface area contributed by atoms with Crippen LogP contribution >= 0.6 is 0 Å². The van der Waals surface area contributed by atoms with Crippen molar-refractivity contribution in [3.8, 4) is 0 Å². The monoisotopic (exact) mass is 2000 g/mol. The van der Waals surface area contributed by atoms with Crippen LogP contribution in [0.2, 0.25) is 0 Å². The second kappa shape index (κ2) is 38.6. The lowest BCUT2D eigenvalue weighted by atomic mass is 9.44. The van der Waals surface area contributed by atoms with Gasteiger partial charge in [0.1, 0.15) is 26.0 Å². The Labute approximate surface area is 825 Å². The highest BCUT2D eigenvalue weighted by atomic mass is 19.3. The van der Waals surface area contributed by atoms with E-state index in [-0.39, 0.29) is 100 Å². The lowest BCUT2D eigenvalue weighted by Gasteiger charge is -2.63. The quantitative estimate of drug-likeness (QED) is 0.0512. The van der Waals surface area contributed by atoms with Crippen molar-refractivity contribution in [1.82, 2.24) is 0 Å². The molecule has 3 heterocycles. The Morgan fingerprint density at radius 2 is 0.800 bits per heavy atom. The summed E-state index contributed by atoms with van der Waals surface area (Å²) >= 11 is 0. The Bertz CT molecular complexity index is 4490. The maximum atomic E-state index is 14.0. The summed E-state index contributed by atoms with van der Waals surface area (Å²) in [4.78, 5) is 124. The lowest BCUT2D eigenvalue weighted by molar-refractivity contribution is -0.349. The molecule has 798 valence electrons. The second-order valence-electron chi connectivity index (χ2n) is 54.3. The van der Waals surface area contributed by atoms with Crippen molar-refractivity contribution in [2.45, 2.75) is 400 Å². The predicted molar refractivity (Wildman–Crippen MR) is 499 cm³/mol. The second-order valence-corrected chi connectivity index (χ2v) is 54.3. The first-order chi connectivity index (χ1) is 63.9. The van der Waals surface area contributed by atoms with Crippen molar-refractivity contribution >= 4 is 59.7 Å². The zero-order valence-corrected chi connectivity index (χ0v) is 89.0. The van der Waals surface area contributed by atoms with Crippen LogP contribution in [-0.4, -0.2) is 191 Å². The number of carbonyl (C=O) groups excluding carboxylic acids is 10. The molecule has 21 aliphatic rings. The largest absolute Gasteiger partial charge is 0.465 e. The summed E-state index contributed by atoms with van der Waals surface area (Å²) in [6.07, 6.45) is 18.7. The van der Waals surface area contributed by atoms with Gasteiger partial charge in [-0.2, -0.15) is 17.6 Å². The minimum atomic E-state index is -4.24. The third kappa shape index (κ3) is 21.4. The summed E-state index contributed by atoms with van der Waals surface area (Å²) in [5.41, 5.74) is -10.4. The SMILES string of the molecule is CC(C)(C)C(=O)OCC12CC3CC(C1)C1(OCC(F)(F)C(F)(F)CO1)C(C3)C2.CC(C)(C)C(F)(F)COC(=O)C12CCC(C)(C(=O)O1)C2(C)C.CC(C)(C)C(F)COC(=O)C12CCC(C)(C(=O)O1)C2(C)C.CC(C)(C)COC(=O)C12CC3CC(C1)C(O)C(C3)C2.COC(C)OC(=O)C12CC3CC(C1)C(COC(=O)C(C)(C)C)C(C3)C2.COC(C)OC(=O)C12CC3CC(CC(COC(=O)C(C)(C)C)(C3)C1)C2. The highest BCUT2D eigenvalue weighted by Gasteiger charge is 2.79. The molecule has 25 nitrogen and oxygen atoms in total. The van der Waals surface area contributed by atoms with E-state index in [4.69, 9.17) is 66.3 Å². The smallest absolute Gasteiger partial charge is 0.351 e. The van der Waals surface area contributed by atoms with E-state index in [0.29, 0.717) is 130 Å². The van der Waals surface area contributed by atoms with Crippen molar-refractivity contribution < 1.29 is 150 Å². The van der Waals surface area contributed by atoms with E-state index in [1.165, 1.54) is 27.2 Å². The van der Waals surface area contributed by atoms with E-state index in [0.717, 1.165) is 103 Å². The van der Waals surface area contributed by atoms with Gasteiger partial charge in [-0.3, -0.25) is 38.4 Å². The maximum Gasteiger partial charge on any atom is 0.351 e. The van der Waals surface area contributed by atoms with Crippen molar-refractivity contribution in [2.24, 2.45) is 152 Å². The van der Waals surface area contributed by atoms with Gasteiger partial charge in [0.05, 0.1) is 75.9 Å². The molecule has 0 aromatic rings. The third-order valence-electron chi connectivity index (χ3n) is 36.8. The molecule has 1 N–H and O–H groups in total. The lowest BCUT2D eigenvalue weighted by Crippen LogP contribution is -2.64. The standard InChI is InChI=1S/C20H28F4O4.2C20H32O5.C16H24F2O4.C16H25FO4.C16H26O3/c1-16(2,3)15(25)26-9-17-6-12-4-13(7-17)20(14(5-12)8-17)27-10-18(21,22)19(23,24)11-28-20;1-13(23-5)25-17(22)20-9-14-6-15(10-20)8-19(7-14,11-20)12-24-16(21)18(2,3)4;1-12(23-5)25-18(22)20-8-13-6-14(9-20)16(15(7-13)10-20)11-24-17(21)19(2,3)4;1-12(2,3)16(17,18)9-21-11(20)15-8-7-14(6,10(19)22-15)13(15,4)5;1-13(2,3)10(17)9-20-12(19)16-8-7-15(6,11(18)21-16)14(16,4)5;1-15(2,3)9-19-14(18)16-6-10-4-11(7-16)13(17)12(5-10)8-16/h12-14H,4-11H2,1-3H3;13-15H,6-12H2,1-5H3;12-16H,6-11H2,1-5H3;7-9H2,1-6H3;10H,7-9H2,1-6H3;10-13,17H,4-9H2,1-3H3. The number of aliphatic hydroxyl groups is 1. The van der Waals surface area contributed by atoms with Crippen molar-refractivity contribution in [3.05, 3.63) is 0 Å². The molecule has 3 aliphatic heterocycles. The normalized spacial score (nSPS) is 38.2. The van der Waals surface area contributed by atoms with E-state index >= 15 is 0 Å². The molecule has 140 heavy (non-hydrogen) atoms. The average molecular weight is 2000 g/mol. The first-order valence-corrected chi connectivity index (χ1v) is 51.6. The molecule has 0 radical (unpaired) electrons. The Morgan fingerprint density at radius 1 is 0.429 bits per heavy atom. The summed E-state index contributed by atoms with van der Waals surface area (Å²) in [5.74, 6) is -11.9. The van der Waals surface area contributed by atoms with Gasteiger partial charge in [-0.05, 0) is 321 Å². The van der Waals surface area contributed by atoms with Gasteiger partial charge in [0, 0.05) is 53.1 Å². The van der Waals surface area contributed by atoms with Crippen LogP contribution in [0.25, 0.3) is 0 Å². The molecule has 18 aliphatic carbocycles. The van der Waals surface area contributed by atoms with E-state index in [1.807, 2.05) is 62.3 Å². The molecule has 15 unspecified atom stereocenters. The van der Waals surface area contributed by atoms with Crippen molar-refractivity contribution in [1.29, 1.82) is 0 Å². The summed E-state index contributed by atoms with van der Waals surface area (Å²) in [7, 11) is 3.10. The fourth-order valence-electron chi connectivity index (χ4n) is 27.9. The number of esters is 10. The zero-order valence-electron chi connectivity index (χ0n) is 89.0. The number of methoxy groups -OCH3 is 2. The number of ether oxygens (including phenoxy) is 14. The molecule has 32 heteroatoms. The molecular weight excluding hydrogens is 1830 g/mol. The van der Waals surface area contributed by atoms with Gasteiger partial charge in [0.25, 0.3) is 5.92 Å². The molecule has 3 saturated heterocycles. The Hall–Kier alpha value is -5.99. The number of alkyl halides is 7. The van der Waals surface area contributed by atoms with E-state index < -0.39 is 145 Å². The van der Waals surface area contributed by atoms with E-state index in [2.05, 4.69) is 20.8 Å². The number of rotatable bonds is 20.